The van der Waals surface area contributed by atoms with E-state index >= 15 is 0 Å². The van der Waals surface area contributed by atoms with Crippen LogP contribution in [0.25, 0.3) is 0 Å². The largest absolute Gasteiger partial charge is 0.385 e. The fourth-order valence-electron chi connectivity index (χ4n) is 2.48. The molecular formula is C13H28N2O2. The van der Waals surface area contributed by atoms with Crippen LogP contribution in [0.3, 0.4) is 0 Å². The average Bonchev–Trinajstić information content (AvgIpc) is 2.37. The Bertz CT molecular complexity index is 190. The number of methoxy groups -OCH3 is 2. The fraction of sp³-hybridized carbons (Fsp3) is 1.00. The van der Waals surface area contributed by atoms with E-state index in [1.165, 1.54) is 32.6 Å². The second-order valence-corrected chi connectivity index (χ2v) is 4.74. The molecule has 1 aliphatic heterocycles. The van der Waals surface area contributed by atoms with E-state index in [4.69, 9.17) is 9.47 Å². The summed E-state index contributed by atoms with van der Waals surface area (Å²) in [5.74, 6) is 0. The van der Waals surface area contributed by atoms with Gasteiger partial charge in [0.1, 0.15) is 0 Å². The molecule has 0 aromatic heterocycles. The van der Waals surface area contributed by atoms with Gasteiger partial charge in [0.25, 0.3) is 0 Å². The van der Waals surface area contributed by atoms with E-state index in [-0.39, 0.29) is 0 Å². The monoisotopic (exact) mass is 244 g/mol. The first-order valence-electron chi connectivity index (χ1n) is 6.76. The summed E-state index contributed by atoms with van der Waals surface area (Å²) in [7, 11) is 3.56. The quantitative estimate of drug-likeness (QED) is 0.596. The molecule has 17 heavy (non-hydrogen) atoms. The molecular weight excluding hydrogens is 216 g/mol. The summed E-state index contributed by atoms with van der Waals surface area (Å²) in [6.07, 6.45) is 2.37. The lowest BCUT2D eigenvalue weighted by Gasteiger charge is -2.41. The summed E-state index contributed by atoms with van der Waals surface area (Å²) < 4.78 is 10.3. The molecule has 1 fully saturated rings. The highest BCUT2D eigenvalue weighted by Gasteiger charge is 2.24. The molecule has 0 N–H and O–H groups in total. The third kappa shape index (κ3) is 5.34. The van der Waals surface area contributed by atoms with Gasteiger partial charge in [-0.15, -0.1) is 0 Å². The van der Waals surface area contributed by atoms with Crippen LogP contribution in [0.5, 0.6) is 0 Å². The van der Waals surface area contributed by atoms with E-state index in [9.17, 15) is 0 Å². The lowest BCUT2D eigenvalue weighted by atomic mass is 10.1. The Morgan fingerprint density at radius 3 is 2.47 bits per heavy atom. The van der Waals surface area contributed by atoms with E-state index in [1.54, 1.807) is 14.2 Å². The Morgan fingerprint density at radius 1 is 1.06 bits per heavy atom. The number of nitrogens with zero attached hydrogens (tertiary/aromatic N) is 2. The first-order chi connectivity index (χ1) is 8.31. The molecule has 1 aliphatic rings. The summed E-state index contributed by atoms with van der Waals surface area (Å²) in [6, 6.07) is 0.696. The van der Waals surface area contributed by atoms with Crippen molar-refractivity contribution in [3.63, 3.8) is 0 Å². The normalized spacial score (nSPS) is 23.1. The van der Waals surface area contributed by atoms with Gasteiger partial charge in [-0.3, -0.25) is 4.90 Å². The van der Waals surface area contributed by atoms with Crippen molar-refractivity contribution in [3.05, 3.63) is 0 Å². The second-order valence-electron chi connectivity index (χ2n) is 4.74. The van der Waals surface area contributed by atoms with Crippen LogP contribution in [0.15, 0.2) is 0 Å². The average molecular weight is 244 g/mol. The Kier molecular flexibility index (Phi) is 7.77. The van der Waals surface area contributed by atoms with E-state index in [1.807, 2.05) is 0 Å². The van der Waals surface area contributed by atoms with Crippen LogP contribution in [0.4, 0.5) is 0 Å². The van der Waals surface area contributed by atoms with E-state index < -0.39 is 0 Å². The maximum Gasteiger partial charge on any atom is 0.0589 e. The lowest BCUT2D eigenvalue weighted by molar-refractivity contribution is 0.0460. The maximum absolute atomic E-state index is 5.17. The molecule has 1 atom stereocenters. The summed E-state index contributed by atoms with van der Waals surface area (Å²) >= 11 is 0. The summed E-state index contributed by atoms with van der Waals surface area (Å²) in [4.78, 5) is 5.13. The SMILES string of the molecule is CC[C@H]1CN(CCCOC)CCN1CCOC. The van der Waals surface area contributed by atoms with Gasteiger partial charge in [-0.2, -0.15) is 0 Å². The zero-order valence-corrected chi connectivity index (χ0v) is 11.7. The van der Waals surface area contributed by atoms with Crippen molar-refractivity contribution in [2.24, 2.45) is 0 Å². The van der Waals surface area contributed by atoms with Gasteiger partial charge in [-0.05, 0) is 12.8 Å². The number of piperazine rings is 1. The number of hydrogen-bond acceptors (Lipinski definition) is 4. The molecule has 1 heterocycles. The first-order valence-corrected chi connectivity index (χ1v) is 6.76. The van der Waals surface area contributed by atoms with Crippen molar-refractivity contribution in [1.82, 2.24) is 9.80 Å². The van der Waals surface area contributed by atoms with Gasteiger partial charge in [-0.25, -0.2) is 0 Å². The molecule has 0 aromatic carbocycles. The van der Waals surface area contributed by atoms with Crippen LogP contribution in [-0.2, 0) is 9.47 Å². The van der Waals surface area contributed by atoms with Crippen LogP contribution < -0.4 is 0 Å². The van der Waals surface area contributed by atoms with Crippen LogP contribution in [0.2, 0.25) is 0 Å². The Hall–Kier alpha value is -0.160. The summed E-state index contributed by atoms with van der Waals surface area (Å²) in [5, 5.41) is 0. The Balaban J connectivity index is 2.27. The van der Waals surface area contributed by atoms with E-state index in [0.29, 0.717) is 6.04 Å². The second kappa shape index (κ2) is 8.86. The summed E-state index contributed by atoms with van der Waals surface area (Å²) in [5.41, 5.74) is 0. The molecule has 0 radical (unpaired) electrons. The topological polar surface area (TPSA) is 24.9 Å². The van der Waals surface area contributed by atoms with Crippen molar-refractivity contribution in [2.45, 2.75) is 25.8 Å². The zero-order valence-electron chi connectivity index (χ0n) is 11.7. The molecule has 0 aromatic rings. The van der Waals surface area contributed by atoms with E-state index in [0.717, 1.165) is 26.2 Å². The molecule has 4 heteroatoms. The van der Waals surface area contributed by atoms with Gasteiger partial charge in [0.2, 0.25) is 0 Å². The van der Waals surface area contributed by atoms with E-state index in [2.05, 4.69) is 16.7 Å². The number of hydrogen-bond donors (Lipinski definition) is 0. The van der Waals surface area contributed by atoms with Gasteiger partial charge < -0.3 is 14.4 Å². The van der Waals surface area contributed by atoms with Crippen molar-refractivity contribution >= 4 is 0 Å². The number of rotatable bonds is 8. The first kappa shape index (κ1) is 14.9. The highest BCUT2D eigenvalue weighted by Crippen LogP contribution is 2.12. The molecule has 1 saturated heterocycles. The minimum atomic E-state index is 0.696. The fourth-order valence-corrected chi connectivity index (χ4v) is 2.48. The van der Waals surface area contributed by atoms with Crippen LogP contribution >= 0.6 is 0 Å². The van der Waals surface area contributed by atoms with Crippen LogP contribution in [0.1, 0.15) is 19.8 Å². The molecule has 0 unspecified atom stereocenters. The van der Waals surface area contributed by atoms with Gasteiger partial charge in [0.15, 0.2) is 0 Å². The lowest BCUT2D eigenvalue weighted by Crippen LogP contribution is -2.53. The molecule has 0 saturated carbocycles. The predicted octanol–water partition coefficient (Wildman–Crippen LogP) is 1.07. The van der Waals surface area contributed by atoms with Gasteiger partial charge in [0.05, 0.1) is 6.61 Å². The molecule has 4 nitrogen and oxygen atoms in total. The number of ether oxygens (including phenoxy) is 2. The standard InChI is InChI=1S/C13H28N2O2/c1-4-13-12-14(6-5-10-16-2)7-8-15(13)9-11-17-3/h13H,4-12H2,1-3H3/t13-/m0/s1. The predicted molar refractivity (Wildman–Crippen MR) is 70.5 cm³/mol. The highest BCUT2D eigenvalue weighted by atomic mass is 16.5. The smallest absolute Gasteiger partial charge is 0.0589 e. The van der Waals surface area contributed by atoms with Crippen LogP contribution in [-0.4, -0.2) is 76.0 Å². The van der Waals surface area contributed by atoms with Gasteiger partial charge in [-0.1, -0.05) is 6.92 Å². The third-order valence-electron chi connectivity index (χ3n) is 3.57. The highest BCUT2D eigenvalue weighted by molar-refractivity contribution is 4.81. The Labute approximate surface area is 106 Å². The Morgan fingerprint density at radius 2 is 1.82 bits per heavy atom. The zero-order chi connectivity index (χ0) is 12.5. The van der Waals surface area contributed by atoms with Crippen molar-refractivity contribution < 1.29 is 9.47 Å². The molecule has 102 valence electrons. The van der Waals surface area contributed by atoms with Crippen molar-refractivity contribution in [2.75, 3.05) is 60.2 Å². The van der Waals surface area contributed by atoms with Crippen molar-refractivity contribution in [1.29, 1.82) is 0 Å². The van der Waals surface area contributed by atoms with Gasteiger partial charge in [0, 0.05) is 59.6 Å². The maximum atomic E-state index is 5.17. The third-order valence-corrected chi connectivity index (χ3v) is 3.57. The molecule has 0 bridgehead atoms. The molecule has 0 spiro atoms. The van der Waals surface area contributed by atoms with Gasteiger partial charge >= 0.3 is 0 Å². The van der Waals surface area contributed by atoms with Crippen molar-refractivity contribution in [3.8, 4) is 0 Å². The minimum Gasteiger partial charge on any atom is -0.385 e. The summed E-state index contributed by atoms with van der Waals surface area (Å²) in [6.45, 7) is 9.80. The van der Waals surface area contributed by atoms with Crippen LogP contribution in [0, 0.1) is 0 Å². The molecule has 0 amide bonds. The minimum absolute atomic E-state index is 0.696. The molecule has 0 aliphatic carbocycles. The molecule has 1 rings (SSSR count).